The third kappa shape index (κ3) is 3.44. The topological polar surface area (TPSA) is 17.1 Å². The highest BCUT2D eigenvalue weighted by atomic mass is 16.1. The van der Waals surface area contributed by atoms with Crippen molar-refractivity contribution in [1.29, 1.82) is 0 Å². The van der Waals surface area contributed by atoms with Gasteiger partial charge >= 0.3 is 0 Å². The van der Waals surface area contributed by atoms with Crippen molar-refractivity contribution in [2.45, 2.75) is 58.8 Å². The first-order valence-corrected chi connectivity index (χ1v) is 7.04. The van der Waals surface area contributed by atoms with Gasteiger partial charge in [-0.15, -0.1) is 0 Å². The van der Waals surface area contributed by atoms with Crippen LogP contribution in [0.3, 0.4) is 0 Å². The first-order chi connectivity index (χ1) is 8.46. The molecule has 0 saturated heterocycles. The second-order valence-corrected chi connectivity index (χ2v) is 6.56. The zero-order chi connectivity index (χ0) is 13.2. The molecule has 1 saturated carbocycles. The molecule has 0 aliphatic heterocycles. The summed E-state index contributed by atoms with van der Waals surface area (Å²) < 4.78 is 0. The normalized spacial score (nSPS) is 19.7. The second-order valence-electron chi connectivity index (χ2n) is 6.56. The molecule has 0 atom stereocenters. The molecule has 98 valence electrons. The Kier molecular flexibility index (Phi) is 3.89. The van der Waals surface area contributed by atoms with Crippen molar-refractivity contribution in [3.63, 3.8) is 0 Å². The number of carbonyl (C=O) groups excluding carboxylic acids is 1. The molecular formula is C17H24O. The molecule has 2 rings (SSSR count). The number of carbonyl (C=O) groups is 1. The molecule has 0 radical (unpaired) electrons. The number of hydrogen-bond acceptors (Lipinski definition) is 1. The highest BCUT2D eigenvalue weighted by Gasteiger charge is 2.27. The van der Waals surface area contributed by atoms with Crippen LogP contribution >= 0.6 is 0 Å². The Bertz CT molecular complexity index is 421. The summed E-state index contributed by atoms with van der Waals surface area (Å²) in [7, 11) is 0. The van der Waals surface area contributed by atoms with Gasteiger partial charge in [-0.25, -0.2) is 0 Å². The molecule has 0 heterocycles. The Morgan fingerprint density at radius 1 is 1.28 bits per heavy atom. The van der Waals surface area contributed by atoms with Gasteiger partial charge < -0.3 is 0 Å². The minimum Gasteiger partial charge on any atom is -0.300 e. The lowest BCUT2D eigenvalue weighted by Crippen LogP contribution is -2.20. The lowest BCUT2D eigenvalue weighted by Gasteiger charge is -2.34. The van der Waals surface area contributed by atoms with E-state index in [1.165, 1.54) is 36.8 Å². The van der Waals surface area contributed by atoms with Crippen LogP contribution in [0.1, 0.15) is 63.5 Å². The lowest BCUT2D eigenvalue weighted by molar-refractivity contribution is -0.116. The monoisotopic (exact) mass is 244 g/mol. The number of Topliss-reactive ketones (excluding diaryl/α,β-unsaturated/α-hetero) is 1. The molecule has 1 heteroatoms. The predicted molar refractivity (Wildman–Crippen MR) is 75.8 cm³/mol. The smallest absolute Gasteiger partial charge is 0.134 e. The van der Waals surface area contributed by atoms with Gasteiger partial charge in [-0.3, -0.25) is 4.79 Å². The standard InChI is InChI=1S/C17H24O/c1-13(18)11-14-5-4-6-16(12-14)15-7-9-17(2,3)10-8-15/h4-6,12,15H,7-11H2,1-3H3. The van der Waals surface area contributed by atoms with Crippen molar-refractivity contribution in [3.8, 4) is 0 Å². The number of benzene rings is 1. The predicted octanol–water partition coefficient (Wildman–Crippen LogP) is 4.50. The van der Waals surface area contributed by atoms with Gasteiger partial charge in [0.2, 0.25) is 0 Å². The van der Waals surface area contributed by atoms with E-state index in [9.17, 15) is 4.79 Å². The third-order valence-corrected chi connectivity index (χ3v) is 4.21. The third-order valence-electron chi connectivity index (χ3n) is 4.21. The number of rotatable bonds is 3. The summed E-state index contributed by atoms with van der Waals surface area (Å²) in [5, 5.41) is 0. The Balaban J connectivity index is 2.07. The van der Waals surface area contributed by atoms with E-state index in [4.69, 9.17) is 0 Å². The number of hydrogen-bond donors (Lipinski definition) is 0. The Hall–Kier alpha value is -1.11. The summed E-state index contributed by atoms with van der Waals surface area (Å²) in [4.78, 5) is 11.2. The first kappa shape index (κ1) is 13.3. The van der Waals surface area contributed by atoms with Crippen LogP contribution in [-0.2, 0) is 11.2 Å². The van der Waals surface area contributed by atoms with Gasteiger partial charge in [0.1, 0.15) is 5.78 Å². The highest BCUT2D eigenvalue weighted by molar-refractivity contribution is 5.78. The van der Waals surface area contributed by atoms with Gasteiger partial charge in [-0.1, -0.05) is 38.1 Å². The molecule has 0 bridgehead atoms. The molecular weight excluding hydrogens is 220 g/mol. The van der Waals surface area contributed by atoms with Gasteiger partial charge in [0.05, 0.1) is 0 Å². The second kappa shape index (κ2) is 5.26. The van der Waals surface area contributed by atoms with E-state index in [1.54, 1.807) is 6.92 Å². The van der Waals surface area contributed by atoms with E-state index in [-0.39, 0.29) is 5.78 Å². The van der Waals surface area contributed by atoms with Crippen LogP contribution in [0.5, 0.6) is 0 Å². The molecule has 1 nitrogen and oxygen atoms in total. The summed E-state index contributed by atoms with van der Waals surface area (Å²) in [6.07, 6.45) is 5.78. The van der Waals surface area contributed by atoms with Crippen LogP contribution < -0.4 is 0 Å². The summed E-state index contributed by atoms with van der Waals surface area (Å²) in [5.74, 6) is 0.946. The summed E-state index contributed by atoms with van der Waals surface area (Å²) in [6.45, 7) is 6.40. The largest absolute Gasteiger partial charge is 0.300 e. The summed E-state index contributed by atoms with van der Waals surface area (Å²) in [6, 6.07) is 8.64. The van der Waals surface area contributed by atoms with E-state index in [0.717, 1.165) is 0 Å². The van der Waals surface area contributed by atoms with Crippen molar-refractivity contribution in [1.82, 2.24) is 0 Å². The maximum atomic E-state index is 11.2. The fourth-order valence-corrected chi connectivity index (χ4v) is 2.98. The van der Waals surface area contributed by atoms with E-state index in [1.807, 2.05) is 0 Å². The lowest BCUT2D eigenvalue weighted by atomic mass is 9.71. The van der Waals surface area contributed by atoms with Crippen LogP contribution in [0.2, 0.25) is 0 Å². The van der Waals surface area contributed by atoms with Crippen LogP contribution in [0.15, 0.2) is 24.3 Å². The average molecular weight is 244 g/mol. The van der Waals surface area contributed by atoms with Gasteiger partial charge in [0.25, 0.3) is 0 Å². The first-order valence-electron chi connectivity index (χ1n) is 7.04. The van der Waals surface area contributed by atoms with Gasteiger partial charge in [-0.2, -0.15) is 0 Å². The average Bonchev–Trinajstić information content (AvgIpc) is 2.28. The maximum Gasteiger partial charge on any atom is 0.134 e. The molecule has 0 aromatic heterocycles. The van der Waals surface area contributed by atoms with Crippen LogP contribution in [0.25, 0.3) is 0 Å². The molecule has 1 fully saturated rings. The molecule has 0 amide bonds. The van der Waals surface area contributed by atoms with Crippen molar-refractivity contribution in [2.75, 3.05) is 0 Å². The fourth-order valence-electron chi connectivity index (χ4n) is 2.98. The SMILES string of the molecule is CC(=O)Cc1cccc(C2CCC(C)(C)CC2)c1. The Labute approximate surface area is 111 Å². The van der Waals surface area contributed by atoms with Crippen LogP contribution in [0.4, 0.5) is 0 Å². The van der Waals surface area contributed by atoms with Gasteiger partial charge in [-0.05, 0) is 55.1 Å². The Morgan fingerprint density at radius 3 is 2.56 bits per heavy atom. The summed E-state index contributed by atoms with van der Waals surface area (Å²) in [5.41, 5.74) is 3.13. The molecule has 18 heavy (non-hydrogen) atoms. The molecule has 0 unspecified atom stereocenters. The maximum absolute atomic E-state index is 11.2. The summed E-state index contributed by atoms with van der Waals surface area (Å²) >= 11 is 0. The minimum atomic E-state index is 0.247. The van der Waals surface area contributed by atoms with Gasteiger partial charge in [0.15, 0.2) is 0 Å². The van der Waals surface area contributed by atoms with E-state index in [0.29, 0.717) is 17.8 Å². The minimum absolute atomic E-state index is 0.247. The van der Waals surface area contributed by atoms with Crippen LogP contribution in [0, 0.1) is 5.41 Å². The van der Waals surface area contributed by atoms with E-state index in [2.05, 4.69) is 38.1 Å². The van der Waals surface area contributed by atoms with Crippen molar-refractivity contribution in [3.05, 3.63) is 35.4 Å². The zero-order valence-corrected chi connectivity index (χ0v) is 11.8. The quantitative estimate of drug-likeness (QED) is 0.765. The zero-order valence-electron chi connectivity index (χ0n) is 11.8. The molecule has 0 N–H and O–H groups in total. The van der Waals surface area contributed by atoms with Crippen molar-refractivity contribution >= 4 is 5.78 Å². The molecule has 1 aromatic carbocycles. The number of ketones is 1. The van der Waals surface area contributed by atoms with Gasteiger partial charge in [0, 0.05) is 6.42 Å². The van der Waals surface area contributed by atoms with Crippen molar-refractivity contribution in [2.24, 2.45) is 5.41 Å². The molecule has 0 spiro atoms. The highest BCUT2D eigenvalue weighted by Crippen LogP contribution is 2.42. The Morgan fingerprint density at radius 2 is 1.94 bits per heavy atom. The molecule has 1 aliphatic rings. The molecule has 1 aromatic rings. The molecule has 1 aliphatic carbocycles. The van der Waals surface area contributed by atoms with Crippen molar-refractivity contribution < 1.29 is 4.79 Å². The fraction of sp³-hybridized carbons (Fsp3) is 0.588. The van der Waals surface area contributed by atoms with E-state index < -0.39 is 0 Å². The van der Waals surface area contributed by atoms with Crippen LogP contribution in [-0.4, -0.2) is 5.78 Å². The van der Waals surface area contributed by atoms with E-state index >= 15 is 0 Å².